The van der Waals surface area contributed by atoms with Gasteiger partial charge < -0.3 is 15.0 Å². The van der Waals surface area contributed by atoms with Crippen LogP contribution in [0.1, 0.15) is 19.3 Å². The quantitative estimate of drug-likeness (QED) is 0.908. The Kier molecular flexibility index (Phi) is 3.02. The summed E-state index contributed by atoms with van der Waals surface area (Å²) in [4.78, 5) is 27.9. The van der Waals surface area contributed by atoms with Crippen molar-refractivity contribution in [3.8, 4) is 0 Å². The van der Waals surface area contributed by atoms with Crippen LogP contribution in [-0.4, -0.2) is 42.8 Å². The topological polar surface area (TPSA) is 61.9 Å². The molecule has 6 heteroatoms. The highest BCUT2D eigenvalue weighted by Crippen LogP contribution is 2.55. The summed E-state index contributed by atoms with van der Waals surface area (Å²) in [5.41, 5.74) is 1.49. The molecular weight excluding hydrogens is 306 g/mol. The van der Waals surface area contributed by atoms with E-state index >= 15 is 0 Å². The maximum absolute atomic E-state index is 12.6. The number of hydrogen-bond acceptors (Lipinski definition) is 3. The van der Waals surface area contributed by atoms with E-state index in [9.17, 15) is 9.59 Å². The Morgan fingerprint density at radius 1 is 1.25 bits per heavy atom. The van der Waals surface area contributed by atoms with Gasteiger partial charge in [0.15, 0.2) is 0 Å². The van der Waals surface area contributed by atoms with Crippen molar-refractivity contribution in [2.45, 2.75) is 25.3 Å². The molecular formula is C18H21N3O3. The van der Waals surface area contributed by atoms with Gasteiger partial charge in [-0.2, -0.15) is 0 Å². The first-order chi connectivity index (χ1) is 11.7. The summed E-state index contributed by atoms with van der Waals surface area (Å²) in [5.74, 6) is 2.30. The van der Waals surface area contributed by atoms with Crippen molar-refractivity contribution in [1.29, 1.82) is 0 Å². The lowest BCUT2D eigenvalue weighted by molar-refractivity contribution is 0.0177. The van der Waals surface area contributed by atoms with Crippen molar-refractivity contribution in [2.75, 3.05) is 29.9 Å². The summed E-state index contributed by atoms with van der Waals surface area (Å²) in [5, 5.41) is 3.00. The molecule has 0 radical (unpaired) electrons. The Morgan fingerprint density at radius 2 is 2.12 bits per heavy atom. The van der Waals surface area contributed by atoms with Gasteiger partial charge in [-0.05, 0) is 49.3 Å². The second-order valence-electron chi connectivity index (χ2n) is 7.39. The molecule has 2 aliphatic heterocycles. The number of cyclic esters (lactones) is 1. The van der Waals surface area contributed by atoms with Crippen LogP contribution in [0.5, 0.6) is 0 Å². The van der Waals surface area contributed by atoms with E-state index in [0.29, 0.717) is 25.1 Å². The molecule has 3 amide bonds. The van der Waals surface area contributed by atoms with E-state index in [4.69, 9.17) is 4.74 Å². The Balaban J connectivity index is 1.28. The fourth-order valence-electron chi connectivity index (χ4n) is 5.13. The Hall–Kier alpha value is -2.24. The first-order valence-electron chi connectivity index (χ1n) is 8.83. The molecule has 1 N–H and O–H groups in total. The summed E-state index contributed by atoms with van der Waals surface area (Å²) < 4.78 is 4.97. The first kappa shape index (κ1) is 14.1. The van der Waals surface area contributed by atoms with Crippen LogP contribution in [0.25, 0.3) is 0 Å². The van der Waals surface area contributed by atoms with Crippen molar-refractivity contribution in [3.63, 3.8) is 0 Å². The Morgan fingerprint density at radius 3 is 2.92 bits per heavy atom. The molecule has 4 aliphatic rings. The molecule has 2 saturated heterocycles. The van der Waals surface area contributed by atoms with Gasteiger partial charge in [0.25, 0.3) is 0 Å². The van der Waals surface area contributed by atoms with Crippen LogP contribution in [0.2, 0.25) is 0 Å². The molecule has 2 heterocycles. The zero-order chi connectivity index (χ0) is 16.3. The fraction of sp³-hybridized carbons (Fsp3) is 0.556. The van der Waals surface area contributed by atoms with E-state index in [0.717, 1.165) is 29.8 Å². The molecule has 0 spiro atoms. The van der Waals surface area contributed by atoms with Crippen molar-refractivity contribution in [2.24, 2.45) is 17.8 Å². The fourth-order valence-corrected chi connectivity index (χ4v) is 5.13. The number of rotatable bonds is 2. The lowest BCUT2D eigenvalue weighted by Gasteiger charge is -2.50. The Bertz CT molecular complexity index is 705. The predicted octanol–water partition coefficient (Wildman–Crippen LogP) is 2.91. The van der Waals surface area contributed by atoms with E-state index in [2.05, 4.69) is 5.32 Å². The zero-order valence-electron chi connectivity index (χ0n) is 13.5. The zero-order valence-corrected chi connectivity index (χ0v) is 13.5. The number of nitrogens with zero attached hydrogens (tertiary/aromatic N) is 2. The van der Waals surface area contributed by atoms with Crippen LogP contribution < -0.4 is 10.2 Å². The van der Waals surface area contributed by atoms with E-state index in [1.54, 1.807) is 4.90 Å². The van der Waals surface area contributed by atoms with Crippen molar-refractivity contribution in [1.82, 2.24) is 4.90 Å². The lowest BCUT2D eigenvalue weighted by atomic mass is 9.77. The summed E-state index contributed by atoms with van der Waals surface area (Å²) in [6, 6.07) is 7.86. The highest BCUT2D eigenvalue weighted by atomic mass is 16.6. The second-order valence-corrected chi connectivity index (χ2v) is 7.39. The SMILES string of the molecule is O=C1OCCN1c1cccc(NC(=O)N2C[C@H]3[C@H]4CC[C@@H](C4)[C@H]32)c1. The molecule has 4 fully saturated rings. The number of amides is 3. The molecule has 6 nitrogen and oxygen atoms in total. The van der Waals surface area contributed by atoms with Gasteiger partial charge >= 0.3 is 12.1 Å². The number of carbonyl (C=O) groups excluding carboxylic acids is 2. The maximum atomic E-state index is 12.6. The van der Waals surface area contributed by atoms with Gasteiger partial charge in [0.1, 0.15) is 6.61 Å². The minimum absolute atomic E-state index is 0.00931. The van der Waals surface area contributed by atoms with Gasteiger partial charge in [-0.15, -0.1) is 0 Å². The monoisotopic (exact) mass is 327 g/mol. The van der Waals surface area contributed by atoms with Crippen molar-refractivity contribution in [3.05, 3.63) is 24.3 Å². The molecule has 24 heavy (non-hydrogen) atoms. The lowest BCUT2D eigenvalue weighted by Crippen LogP contribution is -2.61. The first-order valence-corrected chi connectivity index (χ1v) is 8.83. The molecule has 2 bridgehead atoms. The number of nitrogens with one attached hydrogen (secondary N) is 1. The van der Waals surface area contributed by atoms with Gasteiger partial charge in [0.2, 0.25) is 0 Å². The highest BCUT2D eigenvalue weighted by Gasteiger charge is 2.57. The average molecular weight is 327 g/mol. The summed E-state index contributed by atoms with van der Waals surface area (Å²) in [7, 11) is 0. The van der Waals surface area contributed by atoms with Gasteiger partial charge in [-0.1, -0.05) is 6.07 Å². The van der Waals surface area contributed by atoms with Gasteiger partial charge in [-0.3, -0.25) is 4.90 Å². The maximum Gasteiger partial charge on any atom is 0.414 e. The minimum atomic E-state index is -0.328. The smallest absolute Gasteiger partial charge is 0.414 e. The van der Waals surface area contributed by atoms with Crippen LogP contribution in [0.15, 0.2) is 24.3 Å². The molecule has 5 rings (SSSR count). The molecule has 0 aromatic heterocycles. The Labute approximate surface area is 140 Å². The number of benzene rings is 1. The van der Waals surface area contributed by atoms with Gasteiger partial charge in [0.05, 0.1) is 6.54 Å². The third-order valence-corrected chi connectivity index (χ3v) is 6.24. The molecule has 1 aromatic rings. The van der Waals surface area contributed by atoms with Crippen LogP contribution >= 0.6 is 0 Å². The van der Waals surface area contributed by atoms with Crippen molar-refractivity contribution < 1.29 is 14.3 Å². The highest BCUT2D eigenvalue weighted by molar-refractivity contribution is 5.93. The van der Waals surface area contributed by atoms with Gasteiger partial charge in [0, 0.05) is 29.9 Å². The molecule has 126 valence electrons. The third kappa shape index (κ3) is 2.01. The predicted molar refractivity (Wildman–Crippen MR) is 89.0 cm³/mol. The molecule has 2 saturated carbocycles. The number of hydrogen-bond donors (Lipinski definition) is 1. The summed E-state index contributed by atoms with van der Waals surface area (Å²) >= 11 is 0. The normalized spacial score (nSPS) is 33.2. The number of carbonyl (C=O) groups is 2. The molecule has 1 aromatic carbocycles. The van der Waals surface area contributed by atoms with Crippen LogP contribution in [0.3, 0.4) is 0 Å². The van der Waals surface area contributed by atoms with E-state index < -0.39 is 0 Å². The number of ether oxygens (including phenoxy) is 1. The van der Waals surface area contributed by atoms with E-state index in [1.807, 2.05) is 29.2 Å². The standard InChI is InChI=1S/C18H21N3O3/c22-17(21-10-15-11-4-5-12(8-11)16(15)21)19-13-2-1-3-14(9-13)20-6-7-24-18(20)23/h1-3,9,11-12,15-16H,4-8,10H2,(H,19,22)/t11-,12-,15-,16+/m0/s1. The third-order valence-electron chi connectivity index (χ3n) is 6.24. The van der Waals surface area contributed by atoms with E-state index in [1.165, 1.54) is 19.3 Å². The average Bonchev–Trinajstić information content (AvgIpc) is 3.21. The molecule has 0 unspecified atom stereocenters. The summed E-state index contributed by atoms with van der Waals surface area (Å²) in [6.07, 6.45) is 3.62. The number of urea groups is 1. The van der Waals surface area contributed by atoms with Gasteiger partial charge in [-0.25, -0.2) is 9.59 Å². The molecule has 4 atom stereocenters. The minimum Gasteiger partial charge on any atom is -0.447 e. The number of likely N-dealkylation sites (tertiary alicyclic amines) is 1. The summed E-state index contributed by atoms with van der Waals surface area (Å²) in [6.45, 7) is 1.86. The second kappa shape index (κ2) is 5.13. The number of fused-ring (bicyclic) bond motifs is 5. The van der Waals surface area contributed by atoms with Crippen molar-refractivity contribution >= 4 is 23.5 Å². The number of anilines is 2. The molecule has 2 aliphatic carbocycles. The largest absolute Gasteiger partial charge is 0.447 e. The van der Waals surface area contributed by atoms with Crippen LogP contribution in [0.4, 0.5) is 21.0 Å². The van der Waals surface area contributed by atoms with E-state index in [-0.39, 0.29) is 12.1 Å². The van der Waals surface area contributed by atoms with Crippen LogP contribution in [0, 0.1) is 17.8 Å². The van der Waals surface area contributed by atoms with Crippen LogP contribution in [-0.2, 0) is 4.74 Å².